The minimum atomic E-state index is -0.976. The van der Waals surface area contributed by atoms with Crippen LogP contribution >= 0.6 is 11.6 Å². The van der Waals surface area contributed by atoms with Crippen molar-refractivity contribution in [1.82, 2.24) is 45.2 Å². The minimum absolute atomic E-state index is 0.0287. The molecule has 1 atom stereocenters. The van der Waals surface area contributed by atoms with Crippen molar-refractivity contribution < 1.29 is 14.0 Å². The summed E-state index contributed by atoms with van der Waals surface area (Å²) in [5.74, 6) is -0.763. The Morgan fingerprint density at radius 3 is 2.76 bits per heavy atom. The molecule has 1 saturated heterocycles. The zero-order valence-corrected chi connectivity index (χ0v) is 25.5. The summed E-state index contributed by atoms with van der Waals surface area (Å²) in [6, 6.07) is 9.20. The number of piperazine rings is 1. The highest BCUT2D eigenvalue weighted by atomic mass is 35.5. The quantitative estimate of drug-likeness (QED) is 0.267. The predicted octanol–water partition coefficient (Wildman–Crippen LogP) is 3.26. The van der Waals surface area contributed by atoms with Crippen molar-refractivity contribution in [2.45, 2.75) is 12.5 Å². The average molecular weight is 642 g/mol. The molecule has 5 aromatic rings. The van der Waals surface area contributed by atoms with Gasteiger partial charge in [-0.1, -0.05) is 11.6 Å². The Bertz CT molecular complexity index is 1950. The second-order valence-electron chi connectivity index (χ2n) is 11.2. The van der Waals surface area contributed by atoms with Crippen molar-refractivity contribution in [3.8, 4) is 5.69 Å². The third kappa shape index (κ3) is 5.56. The number of anilines is 2. The molecule has 0 radical (unpaired) electrons. The third-order valence-electron chi connectivity index (χ3n) is 8.42. The highest BCUT2D eigenvalue weighted by Gasteiger charge is 2.37. The van der Waals surface area contributed by atoms with E-state index >= 15 is 4.39 Å². The van der Waals surface area contributed by atoms with Gasteiger partial charge in [-0.05, 0) is 71.9 Å². The van der Waals surface area contributed by atoms with E-state index in [2.05, 4.69) is 47.9 Å². The number of hydrogen-bond acceptors (Lipinski definition) is 9. The van der Waals surface area contributed by atoms with Gasteiger partial charge in [0.15, 0.2) is 5.82 Å². The van der Waals surface area contributed by atoms with E-state index in [4.69, 9.17) is 16.6 Å². The van der Waals surface area contributed by atoms with Gasteiger partial charge >= 0.3 is 0 Å². The molecule has 0 aliphatic carbocycles. The maximum absolute atomic E-state index is 15.2. The van der Waals surface area contributed by atoms with Crippen molar-refractivity contribution in [2.75, 3.05) is 50.0 Å². The number of tetrazole rings is 1. The summed E-state index contributed by atoms with van der Waals surface area (Å²) in [6.45, 7) is 3.65. The second-order valence-corrected chi connectivity index (χ2v) is 11.6. The van der Waals surface area contributed by atoms with E-state index < -0.39 is 17.8 Å². The fourth-order valence-corrected chi connectivity index (χ4v) is 6.18. The lowest BCUT2D eigenvalue weighted by Gasteiger charge is -2.39. The smallest absolute Gasteiger partial charge is 0.251 e. The molecule has 2 N–H and O–H groups in total. The van der Waals surface area contributed by atoms with Gasteiger partial charge in [-0.25, -0.2) is 9.37 Å². The first-order valence-corrected chi connectivity index (χ1v) is 15.1. The van der Waals surface area contributed by atoms with Gasteiger partial charge < -0.3 is 20.0 Å². The molecule has 7 rings (SSSR count). The molecule has 5 heterocycles. The van der Waals surface area contributed by atoms with Crippen LogP contribution in [-0.2, 0) is 16.0 Å². The Labute approximate surface area is 267 Å². The number of fused-ring (bicyclic) bond motifs is 2. The molecule has 15 heteroatoms. The van der Waals surface area contributed by atoms with Crippen LogP contribution in [0.4, 0.5) is 15.9 Å². The van der Waals surface area contributed by atoms with Gasteiger partial charge in [0, 0.05) is 67.2 Å². The average Bonchev–Trinajstić information content (AvgIpc) is 3.77. The molecule has 3 aromatic heterocycles. The maximum atomic E-state index is 15.2. The van der Waals surface area contributed by atoms with E-state index in [-0.39, 0.29) is 23.0 Å². The molecule has 2 aromatic carbocycles. The number of likely N-dealkylation sites (N-methyl/N-ethyl adjacent to an activating group) is 1. The molecule has 0 saturated carbocycles. The summed E-state index contributed by atoms with van der Waals surface area (Å²) in [6.07, 6.45) is 7.77. The second kappa shape index (κ2) is 12.3. The Balaban J connectivity index is 1.24. The largest absolute Gasteiger partial charge is 0.354 e. The zero-order chi connectivity index (χ0) is 31.8. The summed E-state index contributed by atoms with van der Waals surface area (Å²) in [7, 11) is 2.09. The van der Waals surface area contributed by atoms with Crippen molar-refractivity contribution in [1.29, 1.82) is 0 Å². The molecular weight excluding hydrogens is 613 g/mol. The molecule has 0 spiro atoms. The highest BCUT2D eigenvalue weighted by molar-refractivity contribution is 6.31. The first-order valence-electron chi connectivity index (χ1n) is 14.7. The van der Waals surface area contributed by atoms with Gasteiger partial charge in [0.25, 0.3) is 5.91 Å². The van der Waals surface area contributed by atoms with E-state index in [1.807, 2.05) is 6.07 Å². The Morgan fingerprint density at radius 1 is 1.11 bits per heavy atom. The van der Waals surface area contributed by atoms with Crippen LogP contribution in [0, 0.1) is 5.82 Å². The number of aromatic amines is 1. The van der Waals surface area contributed by atoms with Crippen molar-refractivity contribution in [2.24, 2.45) is 0 Å². The molecule has 1 fully saturated rings. The molecule has 2 aliphatic rings. The number of H-pyrrole nitrogens is 1. The molecule has 0 bridgehead atoms. The van der Waals surface area contributed by atoms with Crippen molar-refractivity contribution >= 4 is 51.9 Å². The highest BCUT2D eigenvalue weighted by Crippen LogP contribution is 2.36. The van der Waals surface area contributed by atoms with Gasteiger partial charge in [-0.2, -0.15) is 9.78 Å². The van der Waals surface area contributed by atoms with Gasteiger partial charge in [0.2, 0.25) is 5.91 Å². The fourth-order valence-electron chi connectivity index (χ4n) is 6.01. The van der Waals surface area contributed by atoms with E-state index in [9.17, 15) is 9.59 Å². The number of aromatic nitrogens is 7. The summed E-state index contributed by atoms with van der Waals surface area (Å²) in [5.41, 5.74) is 3.28. The van der Waals surface area contributed by atoms with Gasteiger partial charge in [-0.3, -0.25) is 14.7 Å². The number of amides is 2. The van der Waals surface area contributed by atoms with Crippen molar-refractivity contribution in [3.05, 3.63) is 88.7 Å². The van der Waals surface area contributed by atoms with Crippen molar-refractivity contribution in [3.63, 3.8) is 0 Å². The number of benzene rings is 2. The number of halogens is 2. The van der Waals surface area contributed by atoms with Crippen LogP contribution in [-0.4, -0.2) is 96.8 Å². The minimum Gasteiger partial charge on any atom is -0.354 e. The third-order valence-corrected chi connectivity index (χ3v) is 8.71. The lowest BCUT2D eigenvalue weighted by atomic mass is 9.92. The standard InChI is InChI=1S/C31H29ClFN11O2/c1-41-12-14-42(15-13-41)30-22-9-11-43(27(45)7-4-23-26(44-18-36-39-40-44)6-5-24(32)28(23)33)29(21(22)8-10-34-30)31(46)37-20-3-2-19-17-35-38-25(19)16-20/h2-8,10,16-18,29H,9,11-15H2,1H3,(H,35,38)(H,37,46). The fraction of sp³-hybridized carbons (Fsp3) is 0.258. The van der Waals surface area contributed by atoms with Crippen LogP contribution in [0.2, 0.25) is 5.02 Å². The van der Waals surface area contributed by atoms with Crippen LogP contribution < -0.4 is 10.2 Å². The molecule has 2 amide bonds. The van der Waals surface area contributed by atoms with E-state index in [1.54, 1.807) is 36.7 Å². The van der Waals surface area contributed by atoms with E-state index in [0.717, 1.165) is 48.5 Å². The summed E-state index contributed by atoms with van der Waals surface area (Å²) < 4.78 is 16.5. The topological polar surface area (TPSA) is 141 Å². The van der Waals surface area contributed by atoms with E-state index in [0.29, 0.717) is 23.4 Å². The SMILES string of the molecule is CN1CCN(c2nccc3c2CCN(C(=O)C=Cc2c(-n4cnnn4)ccc(Cl)c2F)C3C(=O)Nc2ccc3cn[nH]c3c2)CC1. The Hall–Kier alpha value is -5.21. The number of hydrogen-bond donors (Lipinski definition) is 2. The Morgan fingerprint density at radius 2 is 1.96 bits per heavy atom. The lowest BCUT2D eigenvalue weighted by Crippen LogP contribution is -2.47. The number of nitrogens with zero attached hydrogens (tertiary/aromatic N) is 9. The monoisotopic (exact) mass is 641 g/mol. The summed E-state index contributed by atoms with van der Waals surface area (Å²) in [5, 5.41) is 21.8. The Kier molecular flexibility index (Phi) is 7.88. The van der Waals surface area contributed by atoms with Crippen LogP contribution in [0.1, 0.15) is 22.7 Å². The number of carbonyl (C=O) groups excluding carboxylic acids is 2. The van der Waals surface area contributed by atoms with Crippen LogP contribution in [0.25, 0.3) is 22.7 Å². The summed E-state index contributed by atoms with van der Waals surface area (Å²) >= 11 is 6.09. The maximum Gasteiger partial charge on any atom is 0.251 e. The summed E-state index contributed by atoms with van der Waals surface area (Å²) in [4.78, 5) is 38.8. The van der Waals surface area contributed by atoms with Crippen LogP contribution in [0.5, 0.6) is 0 Å². The number of pyridine rings is 1. The zero-order valence-electron chi connectivity index (χ0n) is 24.8. The lowest BCUT2D eigenvalue weighted by molar-refractivity contribution is -0.135. The molecular formula is C31H29ClFN11O2. The first-order chi connectivity index (χ1) is 22.4. The number of nitrogens with one attached hydrogen (secondary N) is 2. The molecule has 13 nitrogen and oxygen atoms in total. The first kappa shape index (κ1) is 29.5. The normalized spacial score (nSPS) is 17.1. The van der Waals surface area contributed by atoms with E-state index in [1.165, 1.54) is 34.1 Å². The van der Waals surface area contributed by atoms with Gasteiger partial charge in [0.05, 0.1) is 22.4 Å². The molecule has 234 valence electrons. The number of carbonyl (C=O) groups is 2. The van der Waals surface area contributed by atoms with Crippen LogP contribution in [0.3, 0.4) is 0 Å². The van der Waals surface area contributed by atoms with Gasteiger partial charge in [0.1, 0.15) is 18.2 Å². The molecule has 46 heavy (non-hydrogen) atoms. The number of rotatable bonds is 6. The predicted molar refractivity (Wildman–Crippen MR) is 170 cm³/mol. The molecule has 1 unspecified atom stereocenters. The van der Waals surface area contributed by atoms with Gasteiger partial charge in [-0.15, -0.1) is 5.10 Å². The molecule has 2 aliphatic heterocycles. The van der Waals surface area contributed by atoms with Crippen LogP contribution in [0.15, 0.2) is 61.2 Å².